The summed E-state index contributed by atoms with van der Waals surface area (Å²) in [5, 5.41) is 3.55. The highest BCUT2D eigenvalue weighted by Gasteiger charge is 2.21. The van der Waals surface area contributed by atoms with Gasteiger partial charge in [-0.25, -0.2) is 0 Å². The number of pyridine rings is 1. The molecule has 0 spiro atoms. The van der Waals surface area contributed by atoms with Gasteiger partial charge in [-0.15, -0.1) is 0 Å². The number of hydrogen-bond acceptors (Lipinski definition) is 4. The average molecular weight is 285 g/mol. The summed E-state index contributed by atoms with van der Waals surface area (Å²) in [6.45, 7) is 2.80. The molecule has 0 saturated heterocycles. The molecule has 4 heteroatoms. The van der Waals surface area contributed by atoms with Gasteiger partial charge in [-0.2, -0.15) is 0 Å². The fraction of sp³-hybridized carbons (Fsp3) is 0.471. The molecule has 0 unspecified atom stereocenters. The lowest BCUT2D eigenvalue weighted by Crippen LogP contribution is -2.22. The van der Waals surface area contributed by atoms with E-state index in [4.69, 9.17) is 4.42 Å². The molecule has 0 aliphatic heterocycles. The smallest absolute Gasteiger partial charge is 0.122 e. The molecule has 1 fully saturated rings. The van der Waals surface area contributed by atoms with E-state index in [0.717, 1.165) is 37.9 Å². The highest BCUT2D eigenvalue weighted by molar-refractivity contribution is 5.17. The van der Waals surface area contributed by atoms with Crippen LogP contribution in [-0.4, -0.2) is 29.5 Å². The van der Waals surface area contributed by atoms with Gasteiger partial charge in [0, 0.05) is 37.1 Å². The maximum absolute atomic E-state index is 5.65. The molecule has 0 amide bonds. The predicted molar refractivity (Wildman–Crippen MR) is 82.8 cm³/mol. The van der Waals surface area contributed by atoms with Crippen LogP contribution in [0.4, 0.5) is 0 Å². The molecule has 1 saturated carbocycles. The van der Waals surface area contributed by atoms with E-state index in [1.165, 1.54) is 24.0 Å². The highest BCUT2D eigenvalue weighted by Crippen LogP contribution is 2.20. The summed E-state index contributed by atoms with van der Waals surface area (Å²) in [5.74, 6) is 1.08. The molecular formula is C17H23N3O. The Kier molecular flexibility index (Phi) is 4.68. The van der Waals surface area contributed by atoms with Crippen molar-refractivity contribution in [2.75, 3.05) is 13.6 Å². The van der Waals surface area contributed by atoms with Crippen molar-refractivity contribution < 1.29 is 4.42 Å². The summed E-state index contributed by atoms with van der Waals surface area (Å²) in [4.78, 5) is 6.35. The molecule has 0 radical (unpaired) electrons. The van der Waals surface area contributed by atoms with E-state index in [0.29, 0.717) is 0 Å². The minimum atomic E-state index is 0.733. The van der Waals surface area contributed by atoms with Gasteiger partial charge in [0.15, 0.2) is 0 Å². The molecule has 1 N–H and O–H groups in total. The Bertz CT molecular complexity index is 548. The summed E-state index contributed by atoms with van der Waals surface area (Å²) in [6, 6.07) is 6.97. The average Bonchev–Trinajstić information content (AvgIpc) is 3.24. The molecule has 0 bridgehead atoms. The number of rotatable bonds is 8. The molecule has 1 aliphatic rings. The second kappa shape index (κ2) is 6.87. The van der Waals surface area contributed by atoms with Crippen molar-refractivity contribution in [2.24, 2.45) is 0 Å². The van der Waals surface area contributed by atoms with E-state index in [9.17, 15) is 0 Å². The standard InChI is InChI=1S/C17H23N3O/c1-20(10-6-14-4-8-18-9-5-14)13-17-15(7-11-21-17)12-19-16-2-3-16/h4-5,7-9,11,16,19H,2-3,6,10,12-13H2,1H3. The third kappa shape index (κ3) is 4.41. The first-order valence-corrected chi connectivity index (χ1v) is 7.67. The lowest BCUT2D eigenvalue weighted by Gasteiger charge is -2.16. The van der Waals surface area contributed by atoms with Crippen molar-refractivity contribution in [1.82, 2.24) is 15.2 Å². The second-order valence-corrected chi connectivity index (χ2v) is 5.87. The van der Waals surface area contributed by atoms with Crippen molar-refractivity contribution in [2.45, 2.75) is 38.4 Å². The van der Waals surface area contributed by atoms with Crippen LogP contribution in [0.25, 0.3) is 0 Å². The monoisotopic (exact) mass is 285 g/mol. The lowest BCUT2D eigenvalue weighted by molar-refractivity contribution is 0.296. The van der Waals surface area contributed by atoms with Crippen molar-refractivity contribution in [1.29, 1.82) is 0 Å². The first kappa shape index (κ1) is 14.3. The van der Waals surface area contributed by atoms with Crippen molar-refractivity contribution >= 4 is 0 Å². The molecule has 4 nitrogen and oxygen atoms in total. The Labute approximate surface area is 126 Å². The number of nitrogens with one attached hydrogen (secondary N) is 1. The third-order valence-electron chi connectivity index (χ3n) is 3.94. The minimum absolute atomic E-state index is 0.733. The SMILES string of the molecule is CN(CCc1ccncc1)Cc1occc1CNC1CC1. The van der Waals surface area contributed by atoms with Gasteiger partial charge in [-0.05, 0) is 50.1 Å². The quantitative estimate of drug-likeness (QED) is 0.809. The molecule has 112 valence electrons. The Morgan fingerprint density at radius 2 is 2.10 bits per heavy atom. The largest absolute Gasteiger partial charge is 0.468 e. The van der Waals surface area contributed by atoms with Crippen LogP contribution in [0, 0.1) is 0 Å². The topological polar surface area (TPSA) is 41.3 Å². The Morgan fingerprint density at radius 3 is 2.86 bits per heavy atom. The summed E-state index contributed by atoms with van der Waals surface area (Å²) in [6.07, 6.45) is 9.18. The zero-order chi connectivity index (χ0) is 14.5. The Morgan fingerprint density at radius 1 is 1.29 bits per heavy atom. The van der Waals surface area contributed by atoms with E-state index in [-0.39, 0.29) is 0 Å². The van der Waals surface area contributed by atoms with Crippen LogP contribution >= 0.6 is 0 Å². The van der Waals surface area contributed by atoms with Crippen LogP contribution in [0.3, 0.4) is 0 Å². The van der Waals surface area contributed by atoms with Crippen molar-refractivity contribution in [3.05, 3.63) is 53.7 Å². The number of hydrogen-bond donors (Lipinski definition) is 1. The molecule has 0 aromatic carbocycles. The fourth-order valence-corrected chi connectivity index (χ4v) is 2.40. The molecule has 2 heterocycles. The van der Waals surface area contributed by atoms with Gasteiger partial charge in [0.1, 0.15) is 5.76 Å². The van der Waals surface area contributed by atoms with Gasteiger partial charge in [0.25, 0.3) is 0 Å². The molecule has 3 rings (SSSR count). The molecule has 1 aliphatic carbocycles. The van der Waals surface area contributed by atoms with E-state index in [1.807, 2.05) is 12.4 Å². The Hall–Kier alpha value is -1.65. The van der Waals surface area contributed by atoms with Gasteiger partial charge in [-0.3, -0.25) is 9.88 Å². The van der Waals surface area contributed by atoms with Gasteiger partial charge in [0.05, 0.1) is 12.8 Å². The van der Waals surface area contributed by atoms with E-state index in [1.54, 1.807) is 6.26 Å². The van der Waals surface area contributed by atoms with E-state index in [2.05, 4.69) is 40.4 Å². The number of aromatic nitrogens is 1. The number of furan rings is 1. The maximum Gasteiger partial charge on any atom is 0.122 e. The van der Waals surface area contributed by atoms with E-state index < -0.39 is 0 Å². The van der Waals surface area contributed by atoms with Crippen LogP contribution in [0.1, 0.15) is 29.7 Å². The minimum Gasteiger partial charge on any atom is -0.468 e. The molecular weight excluding hydrogens is 262 g/mol. The summed E-state index contributed by atoms with van der Waals surface area (Å²) < 4.78 is 5.65. The highest BCUT2D eigenvalue weighted by atomic mass is 16.3. The van der Waals surface area contributed by atoms with Gasteiger partial charge < -0.3 is 9.73 Å². The van der Waals surface area contributed by atoms with Crippen LogP contribution < -0.4 is 5.32 Å². The molecule has 2 aromatic rings. The van der Waals surface area contributed by atoms with Crippen LogP contribution in [-0.2, 0) is 19.5 Å². The normalized spacial score (nSPS) is 14.8. The van der Waals surface area contributed by atoms with Gasteiger partial charge in [-0.1, -0.05) is 0 Å². The third-order valence-corrected chi connectivity index (χ3v) is 3.94. The first-order valence-electron chi connectivity index (χ1n) is 7.67. The van der Waals surface area contributed by atoms with Gasteiger partial charge >= 0.3 is 0 Å². The van der Waals surface area contributed by atoms with Gasteiger partial charge in [0.2, 0.25) is 0 Å². The van der Waals surface area contributed by atoms with Crippen LogP contribution in [0.15, 0.2) is 41.3 Å². The zero-order valence-electron chi connectivity index (χ0n) is 12.6. The summed E-state index contributed by atoms with van der Waals surface area (Å²) in [5.41, 5.74) is 2.62. The Balaban J connectivity index is 1.47. The van der Waals surface area contributed by atoms with Crippen molar-refractivity contribution in [3.63, 3.8) is 0 Å². The molecule has 21 heavy (non-hydrogen) atoms. The number of nitrogens with zero attached hydrogens (tertiary/aromatic N) is 2. The second-order valence-electron chi connectivity index (χ2n) is 5.87. The van der Waals surface area contributed by atoms with Crippen molar-refractivity contribution in [3.8, 4) is 0 Å². The van der Waals surface area contributed by atoms with Crippen LogP contribution in [0.5, 0.6) is 0 Å². The number of likely N-dealkylation sites (N-methyl/N-ethyl adjacent to an activating group) is 1. The predicted octanol–water partition coefficient (Wildman–Crippen LogP) is 2.60. The zero-order valence-corrected chi connectivity index (χ0v) is 12.6. The summed E-state index contributed by atoms with van der Waals surface area (Å²) >= 11 is 0. The summed E-state index contributed by atoms with van der Waals surface area (Å²) in [7, 11) is 2.14. The lowest BCUT2D eigenvalue weighted by atomic mass is 10.2. The fourth-order valence-electron chi connectivity index (χ4n) is 2.40. The van der Waals surface area contributed by atoms with Crippen LogP contribution in [0.2, 0.25) is 0 Å². The maximum atomic E-state index is 5.65. The first-order chi connectivity index (χ1) is 10.3. The van der Waals surface area contributed by atoms with E-state index >= 15 is 0 Å². The molecule has 0 atom stereocenters. The molecule has 2 aromatic heterocycles.